The number of nitrogens with zero attached hydrogens (tertiary/aromatic N) is 3. The molecule has 1 aliphatic heterocycles. The second kappa shape index (κ2) is 6.36. The smallest absolute Gasteiger partial charge is 0.287 e. The number of aromatic nitrogens is 2. The molecule has 1 saturated heterocycles. The summed E-state index contributed by atoms with van der Waals surface area (Å²) in [7, 11) is 2.15. The van der Waals surface area contributed by atoms with Gasteiger partial charge in [0.15, 0.2) is 0 Å². The molecule has 1 aromatic heterocycles. The average Bonchev–Trinajstić information content (AvgIpc) is 2.44. The highest BCUT2D eigenvalue weighted by molar-refractivity contribution is 6.32. The van der Waals surface area contributed by atoms with Crippen molar-refractivity contribution < 1.29 is 0 Å². The van der Waals surface area contributed by atoms with Gasteiger partial charge in [-0.15, -0.1) is 0 Å². The van der Waals surface area contributed by atoms with Crippen LogP contribution in [0.25, 0.3) is 0 Å². The van der Waals surface area contributed by atoms with E-state index in [9.17, 15) is 4.79 Å². The molecule has 0 radical (unpaired) electrons. The van der Waals surface area contributed by atoms with E-state index < -0.39 is 0 Å². The summed E-state index contributed by atoms with van der Waals surface area (Å²) in [4.78, 5) is 14.5. The molecule has 0 aromatic carbocycles. The van der Waals surface area contributed by atoms with Crippen molar-refractivity contribution in [3.63, 3.8) is 0 Å². The van der Waals surface area contributed by atoms with Crippen molar-refractivity contribution in [3.8, 4) is 0 Å². The summed E-state index contributed by atoms with van der Waals surface area (Å²) in [6, 6.07) is 0.00968. The molecule has 2 heterocycles. The van der Waals surface area contributed by atoms with Crippen molar-refractivity contribution in [1.82, 2.24) is 14.7 Å². The SMILES string of the molecule is CC(C)n1ncc(NCC2(C)CCN(C)CC2)c(Cl)c1=O. The first-order valence-electron chi connectivity index (χ1n) is 7.52. The van der Waals surface area contributed by atoms with Crippen LogP contribution in [0.3, 0.4) is 0 Å². The van der Waals surface area contributed by atoms with Crippen LogP contribution in [0.4, 0.5) is 5.69 Å². The monoisotopic (exact) mass is 312 g/mol. The van der Waals surface area contributed by atoms with Gasteiger partial charge in [0, 0.05) is 6.54 Å². The molecule has 0 saturated carbocycles. The molecule has 0 spiro atoms. The van der Waals surface area contributed by atoms with Crippen LogP contribution in [0, 0.1) is 5.41 Å². The van der Waals surface area contributed by atoms with Crippen LogP contribution in [-0.2, 0) is 0 Å². The first-order chi connectivity index (χ1) is 9.82. The number of hydrogen-bond acceptors (Lipinski definition) is 4. The normalized spacial score (nSPS) is 19.0. The topological polar surface area (TPSA) is 50.2 Å². The quantitative estimate of drug-likeness (QED) is 0.928. The van der Waals surface area contributed by atoms with Crippen molar-refractivity contribution >= 4 is 17.3 Å². The third-order valence-corrected chi connectivity index (χ3v) is 4.70. The Labute approximate surface area is 131 Å². The Kier molecular flexibility index (Phi) is 4.94. The van der Waals surface area contributed by atoms with E-state index in [4.69, 9.17) is 11.6 Å². The Hall–Kier alpha value is -1.07. The van der Waals surface area contributed by atoms with Gasteiger partial charge in [0.05, 0.1) is 17.9 Å². The molecular weight excluding hydrogens is 288 g/mol. The minimum atomic E-state index is -0.231. The molecule has 118 valence electrons. The van der Waals surface area contributed by atoms with Crippen molar-refractivity contribution in [3.05, 3.63) is 21.6 Å². The van der Waals surface area contributed by atoms with Gasteiger partial charge in [-0.25, -0.2) is 4.68 Å². The molecule has 1 aromatic rings. The fourth-order valence-corrected chi connectivity index (χ4v) is 2.78. The average molecular weight is 313 g/mol. The Balaban J connectivity index is 2.07. The number of nitrogens with one attached hydrogen (secondary N) is 1. The van der Waals surface area contributed by atoms with Gasteiger partial charge in [-0.1, -0.05) is 18.5 Å². The van der Waals surface area contributed by atoms with Crippen molar-refractivity contribution in [2.75, 3.05) is 32.0 Å². The maximum absolute atomic E-state index is 12.1. The highest BCUT2D eigenvalue weighted by Crippen LogP contribution is 2.31. The van der Waals surface area contributed by atoms with E-state index in [-0.39, 0.29) is 22.0 Å². The Morgan fingerprint density at radius 3 is 2.62 bits per heavy atom. The number of halogens is 1. The van der Waals surface area contributed by atoms with Gasteiger partial charge in [-0.2, -0.15) is 5.10 Å². The number of hydrogen-bond donors (Lipinski definition) is 1. The highest BCUT2D eigenvalue weighted by Gasteiger charge is 2.28. The van der Waals surface area contributed by atoms with E-state index in [2.05, 4.69) is 29.3 Å². The Bertz CT molecular complexity index is 547. The summed E-state index contributed by atoms with van der Waals surface area (Å²) in [5.74, 6) is 0. The number of likely N-dealkylation sites (tertiary alicyclic amines) is 1. The van der Waals surface area contributed by atoms with Crippen LogP contribution >= 0.6 is 11.6 Å². The summed E-state index contributed by atoms with van der Waals surface area (Å²) in [6.07, 6.45) is 3.94. The highest BCUT2D eigenvalue weighted by atomic mass is 35.5. The molecule has 21 heavy (non-hydrogen) atoms. The van der Waals surface area contributed by atoms with Crippen molar-refractivity contribution in [1.29, 1.82) is 0 Å². The third kappa shape index (κ3) is 3.77. The van der Waals surface area contributed by atoms with E-state index in [1.54, 1.807) is 6.20 Å². The molecule has 0 bridgehead atoms. The molecule has 6 heteroatoms. The fourth-order valence-electron chi connectivity index (χ4n) is 2.58. The van der Waals surface area contributed by atoms with Crippen LogP contribution in [-0.4, -0.2) is 41.4 Å². The summed E-state index contributed by atoms with van der Waals surface area (Å²) in [5.41, 5.74) is 0.645. The predicted molar refractivity (Wildman–Crippen MR) is 87.2 cm³/mol. The largest absolute Gasteiger partial charge is 0.382 e. The van der Waals surface area contributed by atoms with Crippen LogP contribution in [0.15, 0.2) is 11.0 Å². The first-order valence-corrected chi connectivity index (χ1v) is 7.90. The Morgan fingerprint density at radius 2 is 2.05 bits per heavy atom. The first kappa shape index (κ1) is 16.3. The zero-order valence-electron chi connectivity index (χ0n) is 13.3. The van der Waals surface area contributed by atoms with Gasteiger partial charge in [-0.3, -0.25) is 4.79 Å². The van der Waals surface area contributed by atoms with Crippen molar-refractivity contribution in [2.24, 2.45) is 5.41 Å². The third-order valence-electron chi connectivity index (χ3n) is 4.33. The number of anilines is 1. The summed E-state index contributed by atoms with van der Waals surface area (Å²) >= 11 is 6.18. The lowest BCUT2D eigenvalue weighted by Crippen LogP contribution is -2.40. The maximum Gasteiger partial charge on any atom is 0.287 e. The Morgan fingerprint density at radius 1 is 1.43 bits per heavy atom. The minimum Gasteiger partial charge on any atom is -0.382 e. The lowest BCUT2D eigenvalue weighted by atomic mass is 9.80. The molecule has 0 aliphatic carbocycles. The summed E-state index contributed by atoms with van der Waals surface area (Å²) in [5, 5.41) is 7.74. The van der Waals surface area contributed by atoms with E-state index in [0.29, 0.717) is 5.69 Å². The van der Waals surface area contributed by atoms with Gasteiger partial charge in [-0.05, 0) is 52.2 Å². The zero-order chi connectivity index (χ0) is 15.6. The fraction of sp³-hybridized carbons (Fsp3) is 0.733. The molecule has 0 unspecified atom stereocenters. The maximum atomic E-state index is 12.1. The van der Waals surface area contributed by atoms with E-state index in [0.717, 1.165) is 32.5 Å². The van der Waals surface area contributed by atoms with E-state index >= 15 is 0 Å². The van der Waals surface area contributed by atoms with Crippen LogP contribution < -0.4 is 10.9 Å². The van der Waals surface area contributed by atoms with E-state index in [1.807, 2.05) is 13.8 Å². The summed E-state index contributed by atoms with van der Waals surface area (Å²) in [6.45, 7) is 9.14. The van der Waals surface area contributed by atoms with Crippen LogP contribution in [0.2, 0.25) is 5.02 Å². The van der Waals surface area contributed by atoms with Gasteiger partial charge in [0.25, 0.3) is 5.56 Å². The van der Waals surface area contributed by atoms with Gasteiger partial charge >= 0.3 is 0 Å². The molecular formula is C15H25ClN4O. The summed E-state index contributed by atoms with van der Waals surface area (Å²) < 4.78 is 1.41. The van der Waals surface area contributed by atoms with Gasteiger partial charge in [0.1, 0.15) is 5.02 Å². The zero-order valence-corrected chi connectivity index (χ0v) is 14.1. The standard InChI is InChI=1S/C15H25ClN4O/c1-11(2)20-14(21)13(16)12(9-18-20)17-10-15(3)5-7-19(4)8-6-15/h9,11,17H,5-8,10H2,1-4H3. The van der Waals surface area contributed by atoms with Gasteiger partial charge in [0.2, 0.25) is 0 Å². The minimum absolute atomic E-state index is 0.00968. The molecule has 0 amide bonds. The molecule has 0 atom stereocenters. The lowest BCUT2D eigenvalue weighted by Gasteiger charge is -2.38. The molecule has 1 aliphatic rings. The molecule has 1 N–H and O–H groups in total. The lowest BCUT2D eigenvalue weighted by molar-refractivity contribution is 0.150. The van der Waals surface area contributed by atoms with E-state index in [1.165, 1.54) is 4.68 Å². The van der Waals surface area contributed by atoms with Crippen molar-refractivity contribution in [2.45, 2.75) is 39.7 Å². The molecule has 2 rings (SSSR count). The number of piperidine rings is 1. The second-order valence-electron chi connectivity index (χ2n) is 6.68. The predicted octanol–water partition coefficient (Wildman–Crippen LogP) is 2.62. The molecule has 1 fully saturated rings. The van der Waals surface area contributed by atoms with Crippen LogP contribution in [0.1, 0.15) is 39.7 Å². The second-order valence-corrected chi connectivity index (χ2v) is 7.06. The molecule has 5 nitrogen and oxygen atoms in total. The number of rotatable bonds is 4. The van der Waals surface area contributed by atoms with Crippen LogP contribution in [0.5, 0.6) is 0 Å². The van der Waals surface area contributed by atoms with Gasteiger partial charge < -0.3 is 10.2 Å².